The number of nitrogens with one attached hydrogen (secondary N) is 1. The lowest BCUT2D eigenvalue weighted by molar-refractivity contribution is 0.0936. The van der Waals surface area contributed by atoms with Crippen LogP contribution in [0.4, 0.5) is 5.69 Å². The minimum absolute atomic E-state index is 0.0144. The van der Waals surface area contributed by atoms with Gasteiger partial charge in [0.25, 0.3) is 5.91 Å². The first-order valence-electron chi connectivity index (χ1n) is 6.89. The van der Waals surface area contributed by atoms with Crippen molar-refractivity contribution in [3.8, 4) is 5.75 Å². The number of aromatic nitrogens is 2. The minimum Gasteiger partial charge on any atom is -0.492 e. The van der Waals surface area contributed by atoms with E-state index >= 15 is 0 Å². The number of nitrogen functional groups attached to an aromatic ring is 1. The maximum absolute atomic E-state index is 12.2. The van der Waals surface area contributed by atoms with Gasteiger partial charge in [-0.15, -0.1) is 0 Å². The van der Waals surface area contributed by atoms with Crippen LogP contribution in [0, 0.1) is 0 Å². The van der Waals surface area contributed by atoms with Gasteiger partial charge in [0.2, 0.25) is 0 Å². The first-order chi connectivity index (χ1) is 10.1. The van der Waals surface area contributed by atoms with Gasteiger partial charge in [0.15, 0.2) is 0 Å². The number of carbonyl (C=O) groups is 1. The van der Waals surface area contributed by atoms with Crippen molar-refractivity contribution in [1.82, 2.24) is 14.9 Å². The third kappa shape index (κ3) is 3.98. The molecular weight excluding hydrogens is 268 g/mol. The quantitative estimate of drug-likeness (QED) is 0.792. The fraction of sp³-hybridized carbons (Fsp3) is 0.333. The summed E-state index contributed by atoms with van der Waals surface area (Å²) < 4.78 is 7.27. The highest BCUT2D eigenvalue weighted by Crippen LogP contribution is 2.22. The van der Waals surface area contributed by atoms with E-state index in [2.05, 4.69) is 10.3 Å². The second kappa shape index (κ2) is 6.78. The molecule has 1 amide bonds. The summed E-state index contributed by atoms with van der Waals surface area (Å²) in [5.74, 6) is 0.442. The summed E-state index contributed by atoms with van der Waals surface area (Å²) in [5, 5.41) is 2.93. The number of rotatable bonds is 6. The molecule has 112 valence electrons. The monoisotopic (exact) mass is 288 g/mol. The van der Waals surface area contributed by atoms with Gasteiger partial charge in [-0.25, -0.2) is 4.98 Å². The normalized spacial score (nSPS) is 11.9. The molecule has 6 heteroatoms. The van der Waals surface area contributed by atoms with Crippen molar-refractivity contribution in [3.63, 3.8) is 0 Å². The molecule has 0 fully saturated rings. The Hall–Kier alpha value is -2.50. The van der Waals surface area contributed by atoms with Crippen molar-refractivity contribution in [2.75, 3.05) is 12.3 Å². The molecule has 0 aliphatic heterocycles. The summed E-state index contributed by atoms with van der Waals surface area (Å²) in [5.41, 5.74) is 6.85. The Morgan fingerprint density at radius 3 is 2.95 bits per heavy atom. The predicted octanol–water partition coefficient (Wildman–Crippen LogP) is 1.68. The van der Waals surface area contributed by atoms with Crippen LogP contribution in [0.1, 0.15) is 24.2 Å². The highest BCUT2D eigenvalue weighted by molar-refractivity contribution is 5.95. The zero-order valence-corrected chi connectivity index (χ0v) is 12.2. The molecule has 0 radical (unpaired) electrons. The van der Waals surface area contributed by atoms with Gasteiger partial charge in [0.05, 0.1) is 18.6 Å². The molecule has 3 N–H and O–H groups in total. The Morgan fingerprint density at radius 2 is 2.33 bits per heavy atom. The lowest BCUT2D eigenvalue weighted by Crippen LogP contribution is -2.35. The zero-order valence-electron chi connectivity index (χ0n) is 12.2. The standard InChI is InChI=1S/C15H20N4O2/c1-3-21-14-5-4-12(8-13(14)16)15(20)18-11(2)9-19-7-6-17-10-19/h4-8,10-11H,3,9,16H2,1-2H3,(H,18,20). The van der Waals surface area contributed by atoms with E-state index in [1.165, 1.54) is 0 Å². The maximum Gasteiger partial charge on any atom is 0.251 e. The smallest absolute Gasteiger partial charge is 0.251 e. The zero-order chi connectivity index (χ0) is 15.2. The van der Waals surface area contributed by atoms with Crippen molar-refractivity contribution in [2.45, 2.75) is 26.4 Å². The largest absolute Gasteiger partial charge is 0.492 e. The lowest BCUT2D eigenvalue weighted by Gasteiger charge is -2.15. The average molecular weight is 288 g/mol. The molecule has 2 rings (SSSR count). The third-order valence-electron chi connectivity index (χ3n) is 2.99. The Bertz CT molecular complexity index is 596. The molecule has 0 saturated carbocycles. The number of nitrogens with two attached hydrogens (primary N) is 1. The van der Waals surface area contributed by atoms with Gasteiger partial charge in [-0.1, -0.05) is 0 Å². The first kappa shape index (κ1) is 14.9. The van der Waals surface area contributed by atoms with Crippen LogP contribution in [0.3, 0.4) is 0 Å². The summed E-state index contributed by atoms with van der Waals surface area (Å²) in [6.45, 7) is 5.03. The molecular formula is C15H20N4O2. The van der Waals surface area contributed by atoms with E-state index in [0.29, 0.717) is 30.2 Å². The fourth-order valence-corrected chi connectivity index (χ4v) is 2.04. The second-order valence-electron chi connectivity index (χ2n) is 4.82. The minimum atomic E-state index is -0.155. The first-order valence-corrected chi connectivity index (χ1v) is 6.89. The van der Waals surface area contributed by atoms with Crippen LogP contribution in [-0.2, 0) is 6.54 Å². The highest BCUT2D eigenvalue weighted by Gasteiger charge is 2.12. The molecule has 1 aromatic carbocycles. The Balaban J connectivity index is 1.98. The van der Waals surface area contributed by atoms with Gasteiger partial charge >= 0.3 is 0 Å². The summed E-state index contributed by atoms with van der Waals surface area (Å²) in [7, 11) is 0. The van der Waals surface area contributed by atoms with E-state index in [9.17, 15) is 4.79 Å². The van der Waals surface area contributed by atoms with Gasteiger partial charge in [-0.3, -0.25) is 4.79 Å². The summed E-state index contributed by atoms with van der Waals surface area (Å²) in [4.78, 5) is 16.1. The number of anilines is 1. The van der Waals surface area contributed by atoms with Crippen LogP contribution in [0.2, 0.25) is 0 Å². The van der Waals surface area contributed by atoms with Gasteiger partial charge in [-0.05, 0) is 32.0 Å². The molecule has 6 nitrogen and oxygen atoms in total. The Morgan fingerprint density at radius 1 is 1.52 bits per heavy atom. The van der Waals surface area contributed by atoms with Crippen molar-refractivity contribution in [1.29, 1.82) is 0 Å². The summed E-state index contributed by atoms with van der Waals surface area (Å²) in [6.07, 6.45) is 5.29. The molecule has 2 aromatic rings. The van der Waals surface area contributed by atoms with Crippen LogP contribution >= 0.6 is 0 Å². The molecule has 0 bridgehead atoms. The topological polar surface area (TPSA) is 82.2 Å². The molecule has 21 heavy (non-hydrogen) atoms. The summed E-state index contributed by atoms with van der Waals surface area (Å²) in [6, 6.07) is 5.04. The molecule has 0 saturated heterocycles. The molecule has 1 atom stereocenters. The SMILES string of the molecule is CCOc1ccc(C(=O)NC(C)Cn2ccnc2)cc1N. The second-order valence-corrected chi connectivity index (χ2v) is 4.82. The van der Waals surface area contributed by atoms with E-state index < -0.39 is 0 Å². The van der Waals surface area contributed by atoms with Gasteiger partial charge < -0.3 is 20.4 Å². The van der Waals surface area contributed by atoms with Crippen molar-refractivity contribution < 1.29 is 9.53 Å². The van der Waals surface area contributed by atoms with Crippen LogP contribution in [0.15, 0.2) is 36.9 Å². The van der Waals surface area contributed by atoms with Gasteiger partial charge in [0.1, 0.15) is 5.75 Å². The van der Waals surface area contributed by atoms with Crippen LogP contribution in [-0.4, -0.2) is 28.1 Å². The molecule has 1 heterocycles. The highest BCUT2D eigenvalue weighted by atomic mass is 16.5. The summed E-state index contributed by atoms with van der Waals surface area (Å²) >= 11 is 0. The number of carbonyl (C=O) groups excluding carboxylic acids is 1. The molecule has 0 aliphatic rings. The van der Waals surface area contributed by atoms with Crippen molar-refractivity contribution in [3.05, 3.63) is 42.5 Å². The van der Waals surface area contributed by atoms with E-state index in [1.807, 2.05) is 24.6 Å². The average Bonchev–Trinajstić information content (AvgIpc) is 2.93. The third-order valence-corrected chi connectivity index (χ3v) is 2.99. The fourth-order valence-electron chi connectivity index (χ4n) is 2.04. The van der Waals surface area contributed by atoms with E-state index in [1.54, 1.807) is 30.7 Å². The van der Waals surface area contributed by atoms with Crippen LogP contribution in [0.5, 0.6) is 5.75 Å². The number of imidazole rings is 1. The molecule has 0 aliphatic carbocycles. The number of nitrogens with zero attached hydrogens (tertiary/aromatic N) is 2. The molecule has 0 spiro atoms. The van der Waals surface area contributed by atoms with E-state index in [0.717, 1.165) is 0 Å². The number of hydrogen-bond donors (Lipinski definition) is 2. The Labute approximate surface area is 123 Å². The molecule has 1 unspecified atom stereocenters. The Kier molecular flexibility index (Phi) is 4.81. The predicted molar refractivity (Wildman–Crippen MR) is 81.2 cm³/mol. The van der Waals surface area contributed by atoms with Crippen LogP contribution in [0.25, 0.3) is 0 Å². The number of ether oxygens (including phenoxy) is 1. The van der Waals surface area contributed by atoms with Gasteiger partial charge in [-0.2, -0.15) is 0 Å². The number of hydrogen-bond acceptors (Lipinski definition) is 4. The van der Waals surface area contributed by atoms with E-state index in [4.69, 9.17) is 10.5 Å². The van der Waals surface area contributed by atoms with Crippen molar-refractivity contribution >= 4 is 11.6 Å². The number of benzene rings is 1. The maximum atomic E-state index is 12.2. The molecule has 1 aromatic heterocycles. The van der Waals surface area contributed by atoms with Gasteiger partial charge in [0, 0.05) is 30.5 Å². The van der Waals surface area contributed by atoms with Crippen molar-refractivity contribution in [2.24, 2.45) is 0 Å². The lowest BCUT2D eigenvalue weighted by atomic mass is 10.1. The number of amides is 1. The van der Waals surface area contributed by atoms with Crippen LogP contribution < -0.4 is 15.8 Å². The van der Waals surface area contributed by atoms with E-state index in [-0.39, 0.29) is 11.9 Å².